The maximum Gasteiger partial charge on any atom is 0.226 e. The molecule has 0 radical (unpaired) electrons. The van der Waals surface area contributed by atoms with Gasteiger partial charge in [-0.2, -0.15) is 4.98 Å². The summed E-state index contributed by atoms with van der Waals surface area (Å²) < 4.78 is 26.2. The molecule has 2 heterocycles. The maximum atomic E-state index is 14.8. The van der Waals surface area contributed by atoms with Crippen LogP contribution < -0.4 is 15.4 Å². The van der Waals surface area contributed by atoms with Crippen LogP contribution in [-0.4, -0.2) is 41.2 Å². The second-order valence-electron chi connectivity index (χ2n) is 7.02. The summed E-state index contributed by atoms with van der Waals surface area (Å²) in [5.41, 5.74) is 1.62. The van der Waals surface area contributed by atoms with Crippen LogP contribution in [0.25, 0.3) is 10.9 Å². The molecule has 156 valence electrons. The van der Waals surface area contributed by atoms with Crippen LogP contribution in [0.1, 0.15) is 12.1 Å². The van der Waals surface area contributed by atoms with Crippen LogP contribution in [0.4, 0.5) is 10.3 Å². The van der Waals surface area contributed by atoms with Gasteiger partial charge in [-0.1, -0.05) is 6.08 Å². The lowest BCUT2D eigenvalue weighted by atomic mass is 10.1. The molecule has 0 amide bonds. The molecule has 1 aromatic carbocycles. The van der Waals surface area contributed by atoms with E-state index >= 15 is 0 Å². The van der Waals surface area contributed by atoms with Crippen molar-refractivity contribution in [2.75, 3.05) is 25.5 Å². The molecular weight excluding hydrogens is 385 g/mol. The Morgan fingerprint density at radius 3 is 3.07 bits per heavy atom. The van der Waals surface area contributed by atoms with Crippen molar-refractivity contribution in [2.24, 2.45) is 0 Å². The Morgan fingerprint density at radius 2 is 2.20 bits per heavy atom. The van der Waals surface area contributed by atoms with Crippen molar-refractivity contribution >= 4 is 16.9 Å². The van der Waals surface area contributed by atoms with Gasteiger partial charge in [-0.15, -0.1) is 0 Å². The molecule has 0 spiro atoms. The average Bonchev–Trinajstić information content (AvgIpc) is 3.12. The van der Waals surface area contributed by atoms with Gasteiger partial charge in [-0.05, 0) is 50.7 Å². The lowest BCUT2D eigenvalue weighted by Crippen LogP contribution is -2.21. The zero-order chi connectivity index (χ0) is 20.9. The van der Waals surface area contributed by atoms with E-state index in [4.69, 9.17) is 9.47 Å². The molecule has 3 aromatic rings. The van der Waals surface area contributed by atoms with E-state index < -0.39 is 5.82 Å². The average molecular weight is 409 g/mol. The smallest absolute Gasteiger partial charge is 0.226 e. The first kappa shape index (κ1) is 19.9. The number of likely N-dealkylation sites (N-methyl/N-ethyl adjacent to an activating group) is 1. The Balaban J connectivity index is 1.45. The van der Waals surface area contributed by atoms with Crippen LogP contribution in [-0.2, 0) is 4.74 Å². The van der Waals surface area contributed by atoms with Gasteiger partial charge in [0.05, 0.1) is 6.04 Å². The third-order valence-electron chi connectivity index (χ3n) is 4.65. The van der Waals surface area contributed by atoms with Crippen LogP contribution in [0.15, 0.2) is 54.4 Å². The first-order valence-corrected chi connectivity index (χ1v) is 9.83. The number of nitrogens with zero attached hydrogens (tertiary/aromatic N) is 2. The number of hydrogen-bond donors (Lipinski definition) is 3. The highest BCUT2D eigenvalue weighted by atomic mass is 19.1. The minimum absolute atomic E-state index is 0.00856. The van der Waals surface area contributed by atoms with Crippen LogP contribution in [0.2, 0.25) is 0 Å². The quantitative estimate of drug-likeness (QED) is 0.487. The first-order valence-electron chi connectivity index (χ1n) is 9.83. The Kier molecular flexibility index (Phi) is 5.94. The van der Waals surface area contributed by atoms with Crippen LogP contribution in [0, 0.1) is 12.7 Å². The Labute approximate surface area is 174 Å². The number of allylic oxidation sites excluding steroid dienone is 1. The minimum Gasteiger partial charge on any atom is -0.493 e. The topological polar surface area (TPSA) is 84.1 Å². The summed E-state index contributed by atoms with van der Waals surface area (Å²) in [6, 6.07) is 6.72. The fourth-order valence-electron chi connectivity index (χ4n) is 3.23. The van der Waals surface area contributed by atoms with E-state index in [1.54, 1.807) is 30.5 Å². The summed E-state index contributed by atoms with van der Waals surface area (Å²) in [6.07, 6.45) is 8.35. The molecule has 0 bridgehead atoms. The maximum absolute atomic E-state index is 14.8. The number of benzene rings is 1. The fourth-order valence-corrected chi connectivity index (χ4v) is 3.23. The third kappa shape index (κ3) is 4.60. The van der Waals surface area contributed by atoms with Crippen LogP contribution >= 0.6 is 0 Å². The molecular formula is C22H24FN5O2. The Bertz CT molecular complexity index is 1090. The second-order valence-corrected chi connectivity index (χ2v) is 7.02. The molecule has 4 rings (SSSR count). The van der Waals surface area contributed by atoms with Crippen molar-refractivity contribution < 1.29 is 13.9 Å². The van der Waals surface area contributed by atoms with Gasteiger partial charge in [0.1, 0.15) is 12.4 Å². The van der Waals surface area contributed by atoms with Gasteiger partial charge < -0.3 is 25.1 Å². The SMILES string of the molecule is CNCCOC1=CC(Nc2nccc(Oc3ccc4[nH]c(C)cc4c3F)n2)CC=C1. The van der Waals surface area contributed by atoms with Gasteiger partial charge in [0.15, 0.2) is 11.6 Å². The van der Waals surface area contributed by atoms with E-state index in [0.717, 1.165) is 29.9 Å². The fraction of sp³-hybridized carbons (Fsp3) is 0.273. The summed E-state index contributed by atoms with van der Waals surface area (Å²) in [6.45, 7) is 3.25. The molecule has 0 saturated heterocycles. The van der Waals surface area contributed by atoms with Gasteiger partial charge in [0.2, 0.25) is 11.8 Å². The monoisotopic (exact) mass is 409 g/mol. The highest BCUT2D eigenvalue weighted by molar-refractivity contribution is 5.82. The third-order valence-corrected chi connectivity index (χ3v) is 4.65. The minimum atomic E-state index is -0.423. The van der Waals surface area contributed by atoms with Crippen molar-refractivity contribution in [3.8, 4) is 11.6 Å². The number of halogens is 1. The van der Waals surface area contributed by atoms with E-state index in [2.05, 4.69) is 25.6 Å². The van der Waals surface area contributed by atoms with Crippen molar-refractivity contribution in [1.82, 2.24) is 20.3 Å². The number of aromatic nitrogens is 3. The lowest BCUT2D eigenvalue weighted by Gasteiger charge is -2.19. The van der Waals surface area contributed by atoms with Gasteiger partial charge in [-0.3, -0.25) is 0 Å². The molecule has 30 heavy (non-hydrogen) atoms. The van der Waals surface area contributed by atoms with E-state index in [1.807, 2.05) is 32.2 Å². The molecule has 2 aromatic heterocycles. The predicted molar refractivity (Wildman–Crippen MR) is 114 cm³/mol. The summed E-state index contributed by atoms with van der Waals surface area (Å²) in [5, 5.41) is 6.78. The summed E-state index contributed by atoms with van der Waals surface area (Å²) >= 11 is 0. The number of fused-ring (bicyclic) bond motifs is 1. The Hall–Kier alpha value is -3.39. The van der Waals surface area contributed by atoms with Crippen molar-refractivity contribution in [1.29, 1.82) is 0 Å². The lowest BCUT2D eigenvalue weighted by molar-refractivity contribution is 0.224. The van der Waals surface area contributed by atoms with Crippen molar-refractivity contribution in [3.63, 3.8) is 0 Å². The summed E-state index contributed by atoms with van der Waals surface area (Å²) in [4.78, 5) is 11.7. The zero-order valence-electron chi connectivity index (χ0n) is 16.9. The van der Waals surface area contributed by atoms with E-state index in [-0.39, 0.29) is 17.7 Å². The Morgan fingerprint density at radius 1 is 1.30 bits per heavy atom. The van der Waals surface area contributed by atoms with E-state index in [9.17, 15) is 4.39 Å². The molecule has 7 nitrogen and oxygen atoms in total. The number of H-pyrrole nitrogens is 1. The highest BCUT2D eigenvalue weighted by Crippen LogP contribution is 2.30. The molecule has 1 unspecified atom stereocenters. The number of rotatable bonds is 8. The molecule has 3 N–H and O–H groups in total. The van der Waals surface area contributed by atoms with Crippen molar-refractivity contribution in [2.45, 2.75) is 19.4 Å². The number of aryl methyl sites for hydroxylation is 1. The normalized spacial score (nSPS) is 15.8. The number of ether oxygens (including phenoxy) is 2. The molecule has 0 saturated carbocycles. The molecule has 0 fully saturated rings. The number of aromatic amines is 1. The highest BCUT2D eigenvalue weighted by Gasteiger charge is 2.14. The second kappa shape index (κ2) is 8.96. The molecule has 1 atom stereocenters. The van der Waals surface area contributed by atoms with E-state index in [1.165, 1.54) is 0 Å². The molecule has 8 heteroatoms. The van der Waals surface area contributed by atoms with Crippen LogP contribution in [0.3, 0.4) is 0 Å². The number of nitrogens with one attached hydrogen (secondary N) is 3. The zero-order valence-corrected chi connectivity index (χ0v) is 16.9. The number of hydrogen-bond acceptors (Lipinski definition) is 6. The van der Waals surface area contributed by atoms with Crippen LogP contribution in [0.5, 0.6) is 11.6 Å². The predicted octanol–water partition coefficient (Wildman–Crippen LogP) is 4.06. The van der Waals surface area contributed by atoms with Gasteiger partial charge in [0, 0.05) is 35.4 Å². The molecule has 1 aliphatic carbocycles. The number of anilines is 1. The summed E-state index contributed by atoms with van der Waals surface area (Å²) in [5.74, 6) is 1.16. The van der Waals surface area contributed by atoms with Gasteiger partial charge >= 0.3 is 0 Å². The largest absolute Gasteiger partial charge is 0.493 e. The first-order chi connectivity index (χ1) is 14.6. The summed E-state index contributed by atoms with van der Waals surface area (Å²) in [7, 11) is 1.88. The standard InChI is InChI=1S/C22H24FN5O2/c1-14-12-17-18(26-14)6-7-19(21(17)23)30-20-8-9-25-22(28-20)27-15-4-3-5-16(13-15)29-11-10-24-2/h3,5-9,12-13,15,24,26H,4,10-11H2,1-2H3,(H,25,27,28). The van der Waals surface area contributed by atoms with Crippen molar-refractivity contribution in [3.05, 3.63) is 66.0 Å². The van der Waals surface area contributed by atoms with E-state index in [0.29, 0.717) is 17.9 Å². The van der Waals surface area contributed by atoms with Gasteiger partial charge in [0.25, 0.3) is 0 Å². The molecule has 1 aliphatic rings. The van der Waals surface area contributed by atoms with Gasteiger partial charge in [-0.25, -0.2) is 9.37 Å². The molecule has 0 aliphatic heterocycles.